The molecule has 1 heterocycles. The van der Waals surface area contributed by atoms with Crippen LogP contribution in [0.5, 0.6) is 0 Å². The van der Waals surface area contributed by atoms with Crippen LogP contribution in [0.15, 0.2) is 18.3 Å². The number of nitrogens with zero attached hydrogens (tertiary/aromatic N) is 1. The van der Waals surface area contributed by atoms with Gasteiger partial charge in [-0.1, -0.05) is 0 Å². The highest BCUT2D eigenvalue weighted by Gasteiger charge is 2.17. The molecule has 0 aliphatic carbocycles. The molecule has 2 rings (SSSR count). The fraction of sp³-hybridized carbons (Fsp3) is 0.286. The Bertz CT molecular complexity index is 641. The average Bonchev–Trinajstić information content (AvgIpc) is 2.41. The third-order valence-corrected chi connectivity index (χ3v) is 2.97. The molecule has 1 N–H and O–H groups in total. The van der Waals surface area contributed by atoms with Gasteiger partial charge in [0.05, 0.1) is 17.8 Å². The van der Waals surface area contributed by atoms with E-state index in [0.29, 0.717) is 34.3 Å². The van der Waals surface area contributed by atoms with E-state index in [0.717, 1.165) is 0 Å². The van der Waals surface area contributed by atoms with E-state index in [1.165, 1.54) is 12.3 Å². The molecule has 19 heavy (non-hydrogen) atoms. The molecule has 5 heteroatoms. The molecule has 2 aromatic rings. The Morgan fingerprint density at radius 2 is 2.21 bits per heavy atom. The van der Waals surface area contributed by atoms with E-state index in [2.05, 4.69) is 10.3 Å². The second kappa shape index (κ2) is 5.22. The summed E-state index contributed by atoms with van der Waals surface area (Å²) >= 11 is 0. The van der Waals surface area contributed by atoms with Gasteiger partial charge in [-0.15, -0.1) is 0 Å². The van der Waals surface area contributed by atoms with Crippen molar-refractivity contribution >= 4 is 22.6 Å². The van der Waals surface area contributed by atoms with Crippen LogP contribution in [0.3, 0.4) is 0 Å². The molecule has 0 unspecified atom stereocenters. The smallest absolute Gasteiger partial charge is 0.341 e. The van der Waals surface area contributed by atoms with Gasteiger partial charge in [0.15, 0.2) is 0 Å². The minimum atomic E-state index is -0.441. The highest BCUT2D eigenvalue weighted by Crippen LogP contribution is 2.29. The highest BCUT2D eigenvalue weighted by molar-refractivity contribution is 6.05. The van der Waals surface area contributed by atoms with Crippen molar-refractivity contribution in [2.75, 3.05) is 19.0 Å². The summed E-state index contributed by atoms with van der Waals surface area (Å²) in [5.41, 5.74) is 1.95. The molecule has 4 nitrogen and oxygen atoms in total. The van der Waals surface area contributed by atoms with Gasteiger partial charge in [-0.05, 0) is 26.0 Å². The number of nitrogens with one attached hydrogen (secondary N) is 1. The first-order valence-corrected chi connectivity index (χ1v) is 6.02. The van der Waals surface area contributed by atoms with Crippen LogP contribution >= 0.6 is 0 Å². The van der Waals surface area contributed by atoms with Crippen molar-refractivity contribution in [3.63, 3.8) is 0 Å². The topological polar surface area (TPSA) is 51.2 Å². The van der Waals surface area contributed by atoms with Crippen LogP contribution in [0.1, 0.15) is 22.8 Å². The van der Waals surface area contributed by atoms with E-state index in [4.69, 9.17) is 4.74 Å². The molecule has 0 amide bonds. The van der Waals surface area contributed by atoms with Crippen molar-refractivity contribution in [2.45, 2.75) is 13.8 Å². The summed E-state index contributed by atoms with van der Waals surface area (Å²) in [7, 11) is 1.70. The number of hydrogen-bond acceptors (Lipinski definition) is 4. The molecule has 0 atom stereocenters. The molecule has 0 spiro atoms. The van der Waals surface area contributed by atoms with Crippen LogP contribution in [0, 0.1) is 12.7 Å². The zero-order chi connectivity index (χ0) is 14.0. The number of hydrogen-bond donors (Lipinski definition) is 1. The monoisotopic (exact) mass is 262 g/mol. The van der Waals surface area contributed by atoms with Crippen LogP contribution < -0.4 is 5.32 Å². The third kappa shape index (κ3) is 2.23. The molecular weight excluding hydrogens is 247 g/mol. The number of fused-ring (bicyclic) bond motifs is 1. The lowest BCUT2D eigenvalue weighted by Crippen LogP contribution is -2.09. The van der Waals surface area contributed by atoms with Gasteiger partial charge < -0.3 is 10.1 Å². The van der Waals surface area contributed by atoms with Crippen molar-refractivity contribution in [1.29, 1.82) is 0 Å². The highest BCUT2D eigenvalue weighted by atomic mass is 19.1. The van der Waals surface area contributed by atoms with Gasteiger partial charge in [0.25, 0.3) is 0 Å². The first-order valence-electron chi connectivity index (χ1n) is 6.02. The van der Waals surface area contributed by atoms with E-state index in [1.54, 1.807) is 27.0 Å². The van der Waals surface area contributed by atoms with Crippen molar-refractivity contribution in [3.05, 3.63) is 35.3 Å². The number of halogens is 1. The Labute approximate surface area is 110 Å². The van der Waals surface area contributed by atoms with Crippen LogP contribution in [-0.4, -0.2) is 24.6 Å². The quantitative estimate of drug-likeness (QED) is 0.864. The predicted molar refractivity (Wildman–Crippen MR) is 71.9 cm³/mol. The summed E-state index contributed by atoms with van der Waals surface area (Å²) in [5.74, 6) is -0.755. The maximum atomic E-state index is 13.5. The standard InChI is InChI=1S/C14H15FN2O2/c1-4-19-14(18)10-7-17-12-8(2)11(15)6-5-9(12)13(10)16-3/h5-7H,4H2,1-3H3,(H,16,17). The van der Waals surface area contributed by atoms with Crippen molar-refractivity contribution in [3.8, 4) is 0 Å². The van der Waals surface area contributed by atoms with Crippen molar-refractivity contribution in [2.24, 2.45) is 0 Å². The van der Waals surface area contributed by atoms with E-state index >= 15 is 0 Å². The number of rotatable bonds is 3. The summed E-state index contributed by atoms with van der Waals surface area (Å²) in [6.45, 7) is 3.70. The molecule has 0 aliphatic rings. The Balaban J connectivity index is 2.70. The molecule has 1 aromatic heterocycles. The largest absolute Gasteiger partial charge is 0.462 e. The second-order valence-electron chi connectivity index (χ2n) is 4.09. The molecular formula is C14H15FN2O2. The number of benzene rings is 1. The molecule has 0 saturated carbocycles. The number of carbonyl (C=O) groups is 1. The first-order chi connectivity index (χ1) is 9.10. The lowest BCUT2D eigenvalue weighted by molar-refractivity contribution is 0.0527. The molecule has 0 aliphatic heterocycles. The summed E-state index contributed by atoms with van der Waals surface area (Å²) in [5, 5.41) is 3.66. The summed E-state index contributed by atoms with van der Waals surface area (Å²) in [6.07, 6.45) is 1.42. The Morgan fingerprint density at radius 1 is 1.47 bits per heavy atom. The zero-order valence-corrected chi connectivity index (χ0v) is 11.1. The lowest BCUT2D eigenvalue weighted by atomic mass is 10.1. The SMILES string of the molecule is CCOC(=O)c1cnc2c(C)c(F)ccc2c1NC. The van der Waals surface area contributed by atoms with E-state index in [-0.39, 0.29) is 5.82 Å². The van der Waals surface area contributed by atoms with Gasteiger partial charge in [-0.2, -0.15) is 0 Å². The zero-order valence-electron chi connectivity index (χ0n) is 11.1. The van der Waals surface area contributed by atoms with Gasteiger partial charge in [0, 0.05) is 24.2 Å². The normalized spacial score (nSPS) is 10.5. The molecule has 0 saturated heterocycles. The number of pyridine rings is 1. The molecule has 1 aromatic carbocycles. The Hall–Kier alpha value is -2.17. The van der Waals surface area contributed by atoms with Crippen molar-refractivity contribution < 1.29 is 13.9 Å². The number of carbonyl (C=O) groups excluding carboxylic acids is 1. The van der Waals surface area contributed by atoms with Gasteiger partial charge >= 0.3 is 5.97 Å². The Kier molecular flexibility index (Phi) is 3.64. The summed E-state index contributed by atoms with van der Waals surface area (Å²) < 4.78 is 18.5. The van der Waals surface area contributed by atoms with Crippen LogP contribution in [0.25, 0.3) is 10.9 Å². The van der Waals surface area contributed by atoms with Gasteiger partial charge in [0.2, 0.25) is 0 Å². The number of aromatic nitrogens is 1. The maximum absolute atomic E-state index is 13.5. The number of ether oxygens (including phenoxy) is 1. The number of esters is 1. The van der Waals surface area contributed by atoms with Gasteiger partial charge in [-0.25, -0.2) is 9.18 Å². The molecule has 0 radical (unpaired) electrons. The average molecular weight is 262 g/mol. The lowest BCUT2D eigenvalue weighted by Gasteiger charge is -2.12. The fourth-order valence-corrected chi connectivity index (χ4v) is 2.02. The Morgan fingerprint density at radius 3 is 2.84 bits per heavy atom. The van der Waals surface area contributed by atoms with Crippen molar-refractivity contribution in [1.82, 2.24) is 4.98 Å². The second-order valence-corrected chi connectivity index (χ2v) is 4.09. The van der Waals surface area contributed by atoms with E-state index < -0.39 is 5.97 Å². The minimum Gasteiger partial charge on any atom is -0.462 e. The molecule has 0 bridgehead atoms. The molecule has 100 valence electrons. The van der Waals surface area contributed by atoms with Crippen LogP contribution in [0.2, 0.25) is 0 Å². The molecule has 0 fully saturated rings. The van der Waals surface area contributed by atoms with Gasteiger partial charge in [-0.3, -0.25) is 4.98 Å². The summed E-state index contributed by atoms with van der Waals surface area (Å²) in [6, 6.07) is 2.98. The number of anilines is 1. The van der Waals surface area contributed by atoms with Gasteiger partial charge in [0.1, 0.15) is 11.4 Å². The maximum Gasteiger partial charge on any atom is 0.341 e. The predicted octanol–water partition coefficient (Wildman–Crippen LogP) is 2.90. The fourth-order valence-electron chi connectivity index (χ4n) is 2.02. The number of aryl methyl sites for hydroxylation is 1. The van der Waals surface area contributed by atoms with Crippen LogP contribution in [0.4, 0.5) is 10.1 Å². The van der Waals surface area contributed by atoms with E-state index in [1.807, 2.05) is 0 Å². The summed E-state index contributed by atoms with van der Waals surface area (Å²) in [4.78, 5) is 16.0. The third-order valence-electron chi connectivity index (χ3n) is 2.97. The minimum absolute atomic E-state index is 0.294. The first kappa shape index (κ1) is 13.3. The van der Waals surface area contributed by atoms with E-state index in [9.17, 15) is 9.18 Å². The van der Waals surface area contributed by atoms with Crippen LogP contribution in [-0.2, 0) is 4.74 Å².